The molecule has 3 amide bonds. The van der Waals surface area contributed by atoms with Crippen LogP contribution in [0.3, 0.4) is 0 Å². The average Bonchev–Trinajstić information content (AvgIpc) is 3.17. The highest BCUT2D eigenvalue weighted by atomic mass is 16.5. The first-order chi connectivity index (χ1) is 12.5. The van der Waals surface area contributed by atoms with Gasteiger partial charge in [-0.3, -0.25) is 19.6 Å². The summed E-state index contributed by atoms with van der Waals surface area (Å²) in [5.41, 5.74) is 1.40. The number of rotatable bonds is 7. The van der Waals surface area contributed by atoms with Crippen molar-refractivity contribution >= 4 is 17.7 Å². The zero-order valence-corrected chi connectivity index (χ0v) is 15.2. The first kappa shape index (κ1) is 20.6. The number of nitrogens with zero attached hydrogens (tertiary/aromatic N) is 2. The van der Waals surface area contributed by atoms with Crippen LogP contribution in [0.4, 0.5) is 0 Å². The number of carbonyl (C=O) groups excluding carboxylic acids is 3. The fraction of sp³-hybridized carbons (Fsp3) is 0.824. The highest BCUT2D eigenvalue weighted by molar-refractivity contribution is 5.92. The minimum absolute atomic E-state index is 0.102. The van der Waals surface area contributed by atoms with Gasteiger partial charge in [-0.05, 0) is 19.3 Å². The molecule has 148 valence electrons. The van der Waals surface area contributed by atoms with E-state index in [0.29, 0.717) is 58.5 Å². The zero-order valence-electron chi connectivity index (χ0n) is 15.2. The van der Waals surface area contributed by atoms with Crippen molar-refractivity contribution in [3.63, 3.8) is 0 Å². The molecule has 2 aliphatic rings. The maximum absolute atomic E-state index is 13.0. The number of ether oxygens (including phenoxy) is 1. The Labute approximate surface area is 153 Å². The largest absolute Gasteiger partial charge is 0.382 e. The van der Waals surface area contributed by atoms with Gasteiger partial charge in [-0.15, -0.1) is 0 Å². The third-order valence-electron chi connectivity index (χ3n) is 5.09. The molecule has 0 aliphatic carbocycles. The van der Waals surface area contributed by atoms with E-state index in [4.69, 9.17) is 9.94 Å². The monoisotopic (exact) mass is 371 g/mol. The predicted molar refractivity (Wildman–Crippen MR) is 91.1 cm³/mol. The highest BCUT2D eigenvalue weighted by Crippen LogP contribution is 2.25. The van der Waals surface area contributed by atoms with Crippen LogP contribution in [-0.2, 0) is 19.1 Å². The molecule has 0 aromatic heterocycles. The van der Waals surface area contributed by atoms with E-state index in [9.17, 15) is 19.5 Å². The third-order valence-corrected chi connectivity index (χ3v) is 5.09. The van der Waals surface area contributed by atoms with Crippen molar-refractivity contribution < 1.29 is 29.4 Å². The summed E-state index contributed by atoms with van der Waals surface area (Å²) in [6.07, 6.45) is 1.41. The molecule has 2 unspecified atom stereocenters. The summed E-state index contributed by atoms with van der Waals surface area (Å²) in [6, 6.07) is -0.561. The van der Waals surface area contributed by atoms with Gasteiger partial charge in [0.25, 0.3) is 5.91 Å². The fourth-order valence-corrected chi connectivity index (χ4v) is 3.58. The van der Waals surface area contributed by atoms with E-state index in [-0.39, 0.29) is 5.91 Å². The molecular weight excluding hydrogens is 342 g/mol. The first-order valence-corrected chi connectivity index (χ1v) is 9.30. The summed E-state index contributed by atoms with van der Waals surface area (Å²) < 4.78 is 5.26. The number of nitrogens with one attached hydrogen (secondary N) is 1. The van der Waals surface area contributed by atoms with Crippen molar-refractivity contribution in [2.75, 3.05) is 32.8 Å². The second-order valence-electron chi connectivity index (χ2n) is 6.80. The Morgan fingerprint density at radius 3 is 2.54 bits per heavy atom. The smallest absolute Gasteiger partial charge is 0.272 e. The molecule has 0 spiro atoms. The summed E-state index contributed by atoms with van der Waals surface area (Å²) in [4.78, 5) is 40.7. The molecule has 0 bridgehead atoms. The molecule has 3 atom stereocenters. The maximum Gasteiger partial charge on any atom is 0.272 e. The van der Waals surface area contributed by atoms with Crippen LogP contribution in [0.25, 0.3) is 0 Å². The van der Waals surface area contributed by atoms with Gasteiger partial charge in [0.05, 0.1) is 19.1 Å². The zero-order chi connectivity index (χ0) is 19.1. The van der Waals surface area contributed by atoms with Crippen LogP contribution in [0.1, 0.15) is 39.0 Å². The molecule has 0 aromatic carbocycles. The maximum atomic E-state index is 13.0. The number of aliphatic hydroxyl groups excluding tert-OH is 1. The quantitative estimate of drug-likeness (QED) is 0.410. The lowest BCUT2D eigenvalue weighted by atomic mass is 9.93. The Kier molecular flexibility index (Phi) is 7.80. The lowest BCUT2D eigenvalue weighted by molar-refractivity contribution is -0.154. The van der Waals surface area contributed by atoms with Crippen LogP contribution in [0, 0.1) is 5.92 Å². The van der Waals surface area contributed by atoms with Crippen molar-refractivity contribution in [2.24, 2.45) is 5.92 Å². The number of hydroxylamine groups is 1. The minimum atomic E-state index is -1.64. The Hall–Kier alpha value is -1.71. The molecule has 2 heterocycles. The van der Waals surface area contributed by atoms with E-state index in [1.807, 2.05) is 6.92 Å². The van der Waals surface area contributed by atoms with Crippen LogP contribution < -0.4 is 5.48 Å². The van der Waals surface area contributed by atoms with Gasteiger partial charge < -0.3 is 19.6 Å². The molecule has 2 rings (SSSR count). The van der Waals surface area contributed by atoms with Crippen molar-refractivity contribution in [2.45, 2.75) is 51.2 Å². The topological polar surface area (TPSA) is 119 Å². The average molecular weight is 371 g/mol. The molecule has 3 N–H and O–H groups in total. The van der Waals surface area contributed by atoms with E-state index in [0.717, 1.165) is 6.42 Å². The van der Waals surface area contributed by atoms with Crippen molar-refractivity contribution in [1.29, 1.82) is 0 Å². The van der Waals surface area contributed by atoms with Gasteiger partial charge in [0, 0.05) is 19.6 Å². The standard InChI is InChI=1S/C17H29N3O6/c1-2-3-5-12(14(21)15(22)18-25)16(23)20-7-4-6-13(20)17(24)19-8-10-26-11-9-19/h12-14,21,25H,2-11H2,1H3,(H,18,22)/t12?,13-,14?/m0/s1. The molecule has 9 heteroatoms. The van der Waals surface area contributed by atoms with Gasteiger partial charge in [0.2, 0.25) is 11.8 Å². The van der Waals surface area contributed by atoms with Gasteiger partial charge in [-0.2, -0.15) is 0 Å². The van der Waals surface area contributed by atoms with Crippen LogP contribution in [0.5, 0.6) is 0 Å². The van der Waals surface area contributed by atoms with Gasteiger partial charge in [-0.25, -0.2) is 5.48 Å². The molecular formula is C17H29N3O6. The Bertz CT molecular complexity index is 509. The second-order valence-corrected chi connectivity index (χ2v) is 6.80. The Morgan fingerprint density at radius 2 is 1.92 bits per heavy atom. The van der Waals surface area contributed by atoms with Crippen LogP contribution in [-0.4, -0.2) is 82.8 Å². The number of hydrogen-bond acceptors (Lipinski definition) is 6. The van der Waals surface area contributed by atoms with E-state index in [1.165, 1.54) is 10.4 Å². The normalized spacial score (nSPS) is 22.8. The molecule has 26 heavy (non-hydrogen) atoms. The number of likely N-dealkylation sites (tertiary alicyclic amines) is 1. The van der Waals surface area contributed by atoms with Crippen LogP contribution >= 0.6 is 0 Å². The summed E-state index contributed by atoms with van der Waals surface area (Å²) in [6.45, 7) is 4.36. The molecule has 2 saturated heterocycles. The van der Waals surface area contributed by atoms with Crippen molar-refractivity contribution in [1.82, 2.24) is 15.3 Å². The summed E-state index contributed by atoms with van der Waals surface area (Å²) in [5.74, 6) is -2.48. The number of unbranched alkanes of at least 4 members (excludes halogenated alkanes) is 1. The predicted octanol–water partition coefficient (Wildman–Crippen LogP) is -0.491. The number of carbonyl (C=O) groups is 3. The summed E-state index contributed by atoms with van der Waals surface area (Å²) in [5, 5.41) is 19.0. The summed E-state index contributed by atoms with van der Waals surface area (Å²) >= 11 is 0. The third kappa shape index (κ3) is 4.72. The molecule has 2 aliphatic heterocycles. The van der Waals surface area contributed by atoms with Gasteiger partial charge in [-0.1, -0.05) is 19.8 Å². The van der Waals surface area contributed by atoms with Gasteiger partial charge in [0.1, 0.15) is 12.1 Å². The summed E-state index contributed by atoms with van der Waals surface area (Å²) in [7, 11) is 0. The fourth-order valence-electron chi connectivity index (χ4n) is 3.58. The first-order valence-electron chi connectivity index (χ1n) is 9.30. The van der Waals surface area contributed by atoms with Gasteiger partial charge >= 0.3 is 0 Å². The number of morpholine rings is 1. The van der Waals surface area contributed by atoms with Gasteiger partial charge in [0.15, 0.2) is 0 Å². The highest BCUT2D eigenvalue weighted by Gasteiger charge is 2.42. The SMILES string of the molecule is CCCCC(C(=O)N1CCC[C@H]1C(=O)N1CCOCC1)C(O)C(=O)NO. The van der Waals surface area contributed by atoms with E-state index in [2.05, 4.69) is 0 Å². The van der Waals surface area contributed by atoms with Crippen LogP contribution in [0.15, 0.2) is 0 Å². The van der Waals surface area contributed by atoms with Crippen LogP contribution in [0.2, 0.25) is 0 Å². The van der Waals surface area contributed by atoms with E-state index >= 15 is 0 Å². The molecule has 0 aromatic rings. The number of amides is 3. The molecule has 0 radical (unpaired) electrons. The minimum Gasteiger partial charge on any atom is -0.382 e. The van der Waals surface area contributed by atoms with E-state index in [1.54, 1.807) is 4.90 Å². The molecule has 2 fully saturated rings. The lowest BCUT2D eigenvalue weighted by Crippen LogP contribution is -2.54. The lowest BCUT2D eigenvalue weighted by Gasteiger charge is -2.34. The van der Waals surface area contributed by atoms with E-state index < -0.39 is 29.9 Å². The molecule has 9 nitrogen and oxygen atoms in total. The molecule has 0 saturated carbocycles. The Morgan fingerprint density at radius 1 is 1.23 bits per heavy atom. The second kappa shape index (κ2) is 9.84. The number of hydrogen-bond donors (Lipinski definition) is 3. The van der Waals surface area contributed by atoms with Crippen molar-refractivity contribution in [3.8, 4) is 0 Å². The number of aliphatic hydroxyl groups is 1. The van der Waals surface area contributed by atoms with Crippen molar-refractivity contribution in [3.05, 3.63) is 0 Å². The Balaban J connectivity index is 2.11.